The second kappa shape index (κ2) is 8.31. The van der Waals surface area contributed by atoms with Crippen molar-refractivity contribution in [3.8, 4) is 5.75 Å². The molecule has 3 aromatic rings. The molecule has 0 saturated heterocycles. The molecule has 148 valence electrons. The van der Waals surface area contributed by atoms with Gasteiger partial charge in [-0.2, -0.15) is 0 Å². The number of aryl methyl sites for hydroxylation is 1. The highest BCUT2D eigenvalue weighted by molar-refractivity contribution is 6.05. The van der Waals surface area contributed by atoms with E-state index < -0.39 is 5.41 Å². The van der Waals surface area contributed by atoms with Crippen LogP contribution in [0.3, 0.4) is 0 Å². The van der Waals surface area contributed by atoms with Gasteiger partial charge in [0.1, 0.15) is 5.75 Å². The molecule has 0 unspecified atom stereocenters. The van der Waals surface area contributed by atoms with Crippen LogP contribution in [-0.4, -0.2) is 18.9 Å². The summed E-state index contributed by atoms with van der Waals surface area (Å²) in [5.41, 5.74) is 2.58. The zero-order valence-electron chi connectivity index (χ0n) is 17.2. The zero-order chi connectivity index (χ0) is 21.0. The summed E-state index contributed by atoms with van der Waals surface area (Å²) in [7, 11) is 1.72. The molecule has 1 amide bonds. The van der Waals surface area contributed by atoms with E-state index in [-0.39, 0.29) is 11.9 Å². The van der Waals surface area contributed by atoms with Gasteiger partial charge in [-0.1, -0.05) is 48.0 Å². The number of nitrogens with zero attached hydrogens (tertiary/aromatic N) is 1. The van der Waals surface area contributed by atoms with Gasteiger partial charge in [-0.3, -0.25) is 9.59 Å². The van der Waals surface area contributed by atoms with Crippen LogP contribution in [0, 0.1) is 6.92 Å². The van der Waals surface area contributed by atoms with Gasteiger partial charge in [-0.15, -0.1) is 0 Å². The Morgan fingerprint density at radius 3 is 2.00 bits per heavy atom. The van der Waals surface area contributed by atoms with E-state index in [1.807, 2.05) is 75.4 Å². The number of ether oxygens (including phenoxy) is 1. The lowest BCUT2D eigenvalue weighted by atomic mass is 9.85. The molecule has 0 aliphatic rings. The maximum absolute atomic E-state index is 12.7. The number of rotatable bonds is 5. The predicted molar refractivity (Wildman–Crippen MR) is 115 cm³/mol. The lowest BCUT2D eigenvalue weighted by Crippen LogP contribution is -2.33. The molecule has 3 rings (SSSR count). The maximum Gasteiger partial charge on any atom is 0.321 e. The number of benzene rings is 3. The molecule has 0 fully saturated rings. The highest BCUT2D eigenvalue weighted by Crippen LogP contribution is 2.27. The van der Waals surface area contributed by atoms with Gasteiger partial charge < -0.3 is 9.64 Å². The molecule has 0 bridgehead atoms. The maximum atomic E-state index is 12.7. The van der Waals surface area contributed by atoms with Gasteiger partial charge in [0.2, 0.25) is 0 Å². The first-order valence-electron chi connectivity index (χ1n) is 9.51. The minimum atomic E-state index is -0.766. The van der Waals surface area contributed by atoms with Gasteiger partial charge in [0, 0.05) is 18.3 Å². The van der Waals surface area contributed by atoms with Crippen LogP contribution in [0.1, 0.15) is 35.3 Å². The smallest absolute Gasteiger partial charge is 0.321 e. The van der Waals surface area contributed by atoms with Crippen LogP contribution in [0.2, 0.25) is 0 Å². The molecule has 0 atom stereocenters. The highest BCUT2D eigenvalue weighted by Gasteiger charge is 2.31. The van der Waals surface area contributed by atoms with E-state index >= 15 is 0 Å². The van der Waals surface area contributed by atoms with Crippen molar-refractivity contribution in [1.29, 1.82) is 0 Å². The fourth-order valence-electron chi connectivity index (χ4n) is 2.95. The number of amides is 1. The quantitative estimate of drug-likeness (QED) is 0.449. The Bertz CT molecular complexity index is 991. The van der Waals surface area contributed by atoms with Crippen molar-refractivity contribution < 1.29 is 14.3 Å². The van der Waals surface area contributed by atoms with Crippen molar-refractivity contribution in [2.24, 2.45) is 0 Å². The van der Waals surface area contributed by atoms with Crippen molar-refractivity contribution in [3.05, 3.63) is 95.6 Å². The second-order valence-corrected chi connectivity index (χ2v) is 7.60. The summed E-state index contributed by atoms with van der Waals surface area (Å²) in [5, 5.41) is 0. The highest BCUT2D eigenvalue weighted by atomic mass is 16.5. The Labute approximate surface area is 171 Å². The van der Waals surface area contributed by atoms with Crippen LogP contribution < -0.4 is 9.64 Å². The first-order valence-corrected chi connectivity index (χ1v) is 9.51. The van der Waals surface area contributed by atoms with Gasteiger partial charge >= 0.3 is 5.97 Å². The van der Waals surface area contributed by atoms with Crippen LogP contribution >= 0.6 is 0 Å². The Balaban J connectivity index is 1.70. The normalized spacial score (nSPS) is 11.0. The van der Waals surface area contributed by atoms with Gasteiger partial charge in [0.05, 0.1) is 5.41 Å². The largest absolute Gasteiger partial charge is 0.426 e. The lowest BCUT2D eigenvalue weighted by Gasteiger charge is -2.23. The number of hydrogen-bond donors (Lipinski definition) is 0. The topological polar surface area (TPSA) is 46.6 Å². The second-order valence-electron chi connectivity index (χ2n) is 7.60. The van der Waals surface area contributed by atoms with Gasteiger partial charge in [0.25, 0.3) is 5.91 Å². The van der Waals surface area contributed by atoms with E-state index in [0.717, 1.165) is 16.8 Å². The Kier molecular flexibility index (Phi) is 5.83. The molecular weight excluding hydrogens is 362 g/mol. The summed E-state index contributed by atoms with van der Waals surface area (Å²) in [5.74, 6) is 0.0134. The number of carbonyl (C=O) groups is 2. The molecule has 4 heteroatoms. The molecule has 0 N–H and O–H groups in total. The van der Waals surface area contributed by atoms with E-state index in [4.69, 9.17) is 4.74 Å². The van der Waals surface area contributed by atoms with Gasteiger partial charge in [-0.25, -0.2) is 0 Å². The van der Waals surface area contributed by atoms with Crippen molar-refractivity contribution in [1.82, 2.24) is 0 Å². The lowest BCUT2D eigenvalue weighted by molar-refractivity contribution is -0.139. The van der Waals surface area contributed by atoms with Gasteiger partial charge in [0.15, 0.2) is 0 Å². The standard InChI is InChI=1S/C25H25NO3/c1-18-10-12-19(13-11-18)23(27)26(4)21-14-16-22(17-15-21)29-24(28)25(2,3)20-8-6-5-7-9-20/h5-17H,1-4H3. The Hall–Kier alpha value is -3.40. The summed E-state index contributed by atoms with van der Waals surface area (Å²) in [6.45, 7) is 5.66. The van der Waals surface area contributed by atoms with Gasteiger partial charge in [-0.05, 0) is 62.7 Å². The molecular formula is C25H25NO3. The van der Waals surface area contributed by atoms with Crippen molar-refractivity contribution in [3.63, 3.8) is 0 Å². The fraction of sp³-hybridized carbons (Fsp3) is 0.200. The molecule has 3 aromatic carbocycles. The van der Waals surface area contributed by atoms with Crippen molar-refractivity contribution in [2.45, 2.75) is 26.2 Å². The van der Waals surface area contributed by atoms with E-state index in [1.54, 1.807) is 36.2 Å². The Morgan fingerprint density at radius 2 is 1.41 bits per heavy atom. The summed E-state index contributed by atoms with van der Waals surface area (Å²) in [6, 6.07) is 23.9. The van der Waals surface area contributed by atoms with Crippen LogP contribution in [-0.2, 0) is 10.2 Å². The molecule has 29 heavy (non-hydrogen) atoms. The number of anilines is 1. The van der Waals surface area contributed by atoms with E-state index in [9.17, 15) is 9.59 Å². The predicted octanol–water partition coefficient (Wildman–Crippen LogP) is 5.15. The molecule has 0 aliphatic carbocycles. The van der Waals surface area contributed by atoms with Crippen LogP contribution in [0.5, 0.6) is 5.75 Å². The molecule has 0 aliphatic heterocycles. The monoisotopic (exact) mass is 387 g/mol. The van der Waals surface area contributed by atoms with Crippen LogP contribution in [0.4, 0.5) is 5.69 Å². The summed E-state index contributed by atoms with van der Waals surface area (Å²) >= 11 is 0. The summed E-state index contributed by atoms with van der Waals surface area (Å²) < 4.78 is 5.58. The first-order chi connectivity index (χ1) is 13.8. The average molecular weight is 387 g/mol. The van der Waals surface area contributed by atoms with Crippen LogP contribution in [0.25, 0.3) is 0 Å². The van der Waals surface area contributed by atoms with Crippen molar-refractivity contribution >= 4 is 17.6 Å². The van der Waals surface area contributed by atoms with Crippen LogP contribution in [0.15, 0.2) is 78.9 Å². The SMILES string of the molecule is Cc1ccc(C(=O)N(C)c2ccc(OC(=O)C(C)(C)c3ccccc3)cc2)cc1. The first kappa shape index (κ1) is 20.3. The minimum Gasteiger partial charge on any atom is -0.426 e. The summed E-state index contributed by atoms with van der Waals surface area (Å²) in [4.78, 5) is 26.9. The molecule has 0 radical (unpaired) electrons. The minimum absolute atomic E-state index is 0.0973. The molecule has 4 nitrogen and oxygen atoms in total. The molecule has 0 saturated carbocycles. The number of carbonyl (C=O) groups excluding carboxylic acids is 2. The Morgan fingerprint density at radius 1 is 0.828 bits per heavy atom. The molecule has 0 aromatic heterocycles. The zero-order valence-corrected chi connectivity index (χ0v) is 17.2. The third-order valence-electron chi connectivity index (χ3n) is 5.04. The van der Waals surface area contributed by atoms with E-state index in [1.165, 1.54) is 0 Å². The third kappa shape index (κ3) is 4.54. The average Bonchev–Trinajstić information content (AvgIpc) is 2.74. The van der Waals surface area contributed by atoms with E-state index in [2.05, 4.69) is 0 Å². The van der Waals surface area contributed by atoms with E-state index in [0.29, 0.717) is 11.3 Å². The number of hydrogen-bond acceptors (Lipinski definition) is 3. The molecule has 0 spiro atoms. The third-order valence-corrected chi connectivity index (χ3v) is 5.04. The van der Waals surface area contributed by atoms with Crippen molar-refractivity contribution in [2.75, 3.05) is 11.9 Å². The number of esters is 1. The fourth-order valence-corrected chi connectivity index (χ4v) is 2.95. The summed E-state index contributed by atoms with van der Waals surface area (Å²) in [6.07, 6.45) is 0. The molecule has 0 heterocycles.